The Morgan fingerprint density at radius 1 is 1.12 bits per heavy atom. The Morgan fingerprint density at radius 2 is 1.79 bits per heavy atom. The van der Waals surface area contributed by atoms with Crippen LogP contribution < -0.4 is 0 Å². The molecule has 1 aliphatic heterocycles. The molecule has 1 saturated heterocycles. The Bertz CT molecular complexity index is 1130. The molecule has 9 heteroatoms. The molecule has 3 aromatic rings. The van der Waals surface area contributed by atoms with Gasteiger partial charge >= 0.3 is 6.09 Å². The highest BCUT2D eigenvalue weighted by Gasteiger charge is 2.29. The number of rotatable bonds is 7. The summed E-state index contributed by atoms with van der Waals surface area (Å²) in [5.41, 5.74) is 3.41. The maximum atomic E-state index is 13.3. The Balaban J connectivity index is 1.50. The van der Waals surface area contributed by atoms with E-state index in [4.69, 9.17) is 0 Å². The SMILES string of the molecule is CCN(C(=O)O)C1CCN(C(=O)Cn2nc(-c3ccncc3)cc2Cc2ccc(F)cc2)CC1. The van der Waals surface area contributed by atoms with Crippen LogP contribution in [0.25, 0.3) is 11.3 Å². The summed E-state index contributed by atoms with van der Waals surface area (Å²) in [7, 11) is 0. The summed E-state index contributed by atoms with van der Waals surface area (Å²) < 4.78 is 15.1. The molecule has 2 aromatic heterocycles. The largest absolute Gasteiger partial charge is 0.465 e. The standard InChI is InChI=1S/C25H28FN5O3/c1-2-30(25(33)34)21-9-13-29(14-10-21)24(32)17-31-22(15-18-3-5-20(26)6-4-18)16-23(28-31)19-7-11-27-12-8-19/h3-8,11-12,16,21H,2,9-10,13-15,17H2,1H3,(H,33,34). The predicted molar refractivity (Wildman–Crippen MR) is 125 cm³/mol. The fourth-order valence-corrected chi connectivity index (χ4v) is 4.41. The highest BCUT2D eigenvalue weighted by atomic mass is 19.1. The van der Waals surface area contributed by atoms with Gasteiger partial charge in [-0.05, 0) is 55.7 Å². The van der Waals surface area contributed by atoms with E-state index in [0.29, 0.717) is 38.9 Å². The average Bonchev–Trinajstić information content (AvgIpc) is 3.24. The van der Waals surface area contributed by atoms with Crippen molar-refractivity contribution >= 4 is 12.0 Å². The van der Waals surface area contributed by atoms with E-state index in [1.807, 2.05) is 25.1 Å². The van der Waals surface area contributed by atoms with E-state index in [1.165, 1.54) is 17.0 Å². The molecule has 1 aliphatic rings. The molecule has 0 aliphatic carbocycles. The van der Waals surface area contributed by atoms with Crippen LogP contribution in [0, 0.1) is 5.82 Å². The zero-order valence-electron chi connectivity index (χ0n) is 19.1. The highest BCUT2D eigenvalue weighted by Crippen LogP contribution is 2.22. The van der Waals surface area contributed by atoms with Gasteiger partial charge in [0.05, 0.1) is 5.69 Å². The van der Waals surface area contributed by atoms with Gasteiger partial charge in [0.15, 0.2) is 0 Å². The van der Waals surface area contributed by atoms with Gasteiger partial charge in [0.2, 0.25) is 5.91 Å². The zero-order chi connectivity index (χ0) is 24.1. The van der Waals surface area contributed by atoms with Crippen molar-refractivity contribution in [1.29, 1.82) is 0 Å². The van der Waals surface area contributed by atoms with Crippen LogP contribution in [-0.4, -0.2) is 67.3 Å². The maximum Gasteiger partial charge on any atom is 0.407 e. The van der Waals surface area contributed by atoms with Crippen LogP contribution in [0.15, 0.2) is 54.9 Å². The van der Waals surface area contributed by atoms with Crippen molar-refractivity contribution in [2.24, 2.45) is 0 Å². The number of pyridine rings is 1. The number of hydrogen-bond acceptors (Lipinski definition) is 4. The van der Waals surface area contributed by atoms with Gasteiger partial charge in [-0.25, -0.2) is 9.18 Å². The minimum absolute atomic E-state index is 0.0541. The van der Waals surface area contributed by atoms with Gasteiger partial charge in [-0.3, -0.25) is 14.5 Å². The quantitative estimate of drug-likeness (QED) is 0.575. The third-order valence-electron chi connectivity index (χ3n) is 6.27. The fraction of sp³-hybridized carbons (Fsp3) is 0.360. The minimum Gasteiger partial charge on any atom is -0.465 e. The van der Waals surface area contributed by atoms with Crippen LogP contribution in [0.1, 0.15) is 31.0 Å². The minimum atomic E-state index is -0.919. The zero-order valence-corrected chi connectivity index (χ0v) is 19.1. The van der Waals surface area contributed by atoms with Gasteiger partial charge in [0, 0.05) is 55.7 Å². The number of amides is 2. The van der Waals surface area contributed by atoms with Gasteiger partial charge in [-0.2, -0.15) is 5.10 Å². The van der Waals surface area contributed by atoms with Crippen LogP contribution in [0.5, 0.6) is 0 Å². The van der Waals surface area contributed by atoms with Crippen LogP contribution in [0.4, 0.5) is 9.18 Å². The number of halogens is 1. The van der Waals surface area contributed by atoms with Crippen molar-refractivity contribution in [3.8, 4) is 11.3 Å². The summed E-state index contributed by atoms with van der Waals surface area (Å²) in [5, 5.41) is 14.1. The molecule has 2 amide bonds. The molecule has 178 valence electrons. The molecule has 1 fully saturated rings. The molecule has 0 bridgehead atoms. The Morgan fingerprint density at radius 3 is 2.41 bits per heavy atom. The van der Waals surface area contributed by atoms with Gasteiger partial charge < -0.3 is 14.9 Å². The number of piperidine rings is 1. The third-order valence-corrected chi connectivity index (χ3v) is 6.27. The topological polar surface area (TPSA) is 91.6 Å². The second-order valence-corrected chi connectivity index (χ2v) is 8.40. The van der Waals surface area contributed by atoms with Crippen LogP contribution in [0.2, 0.25) is 0 Å². The molecule has 3 heterocycles. The first kappa shape index (κ1) is 23.4. The lowest BCUT2D eigenvalue weighted by atomic mass is 10.0. The van der Waals surface area contributed by atoms with Crippen molar-refractivity contribution in [2.75, 3.05) is 19.6 Å². The van der Waals surface area contributed by atoms with Crippen molar-refractivity contribution in [1.82, 2.24) is 24.6 Å². The Hall–Kier alpha value is -3.75. The average molecular weight is 466 g/mol. The van der Waals surface area contributed by atoms with E-state index in [0.717, 1.165) is 22.5 Å². The molecule has 0 unspecified atom stereocenters. The summed E-state index contributed by atoms with van der Waals surface area (Å²) in [4.78, 5) is 31.8. The van der Waals surface area contributed by atoms with Crippen LogP contribution in [-0.2, 0) is 17.8 Å². The highest BCUT2D eigenvalue weighted by molar-refractivity contribution is 5.76. The summed E-state index contributed by atoms with van der Waals surface area (Å²) in [6.07, 6.45) is 4.22. The van der Waals surface area contributed by atoms with E-state index in [1.54, 1.807) is 34.1 Å². The third kappa shape index (κ3) is 5.41. The number of carbonyl (C=O) groups is 2. The predicted octanol–water partition coefficient (Wildman–Crippen LogP) is 3.67. The number of hydrogen-bond donors (Lipinski definition) is 1. The van der Waals surface area contributed by atoms with E-state index in [9.17, 15) is 19.1 Å². The number of likely N-dealkylation sites (tertiary alicyclic amines) is 1. The van der Waals surface area contributed by atoms with Gasteiger partial charge in [-0.15, -0.1) is 0 Å². The molecule has 0 radical (unpaired) electrons. The Labute approximate surface area is 197 Å². The normalized spacial score (nSPS) is 14.2. The molecule has 8 nitrogen and oxygen atoms in total. The van der Waals surface area contributed by atoms with Crippen molar-refractivity contribution < 1.29 is 19.1 Å². The van der Waals surface area contributed by atoms with Crippen LogP contribution in [0.3, 0.4) is 0 Å². The van der Waals surface area contributed by atoms with Gasteiger partial charge in [-0.1, -0.05) is 12.1 Å². The molecular weight excluding hydrogens is 437 g/mol. The Kier molecular flexibility index (Phi) is 7.20. The molecule has 0 spiro atoms. The summed E-state index contributed by atoms with van der Waals surface area (Å²) in [6.45, 7) is 3.37. The summed E-state index contributed by atoms with van der Waals surface area (Å²) >= 11 is 0. The first-order valence-electron chi connectivity index (χ1n) is 11.4. The van der Waals surface area contributed by atoms with Gasteiger partial charge in [0.25, 0.3) is 0 Å². The first-order chi connectivity index (χ1) is 16.4. The molecular formula is C25H28FN5O3. The van der Waals surface area contributed by atoms with E-state index in [-0.39, 0.29) is 24.3 Å². The van der Waals surface area contributed by atoms with Crippen molar-refractivity contribution in [3.05, 3.63) is 71.9 Å². The number of benzene rings is 1. The number of aromatic nitrogens is 3. The van der Waals surface area contributed by atoms with Crippen molar-refractivity contribution in [3.63, 3.8) is 0 Å². The molecule has 0 atom stereocenters. The lowest BCUT2D eigenvalue weighted by molar-refractivity contribution is -0.133. The number of nitrogens with zero attached hydrogens (tertiary/aromatic N) is 5. The second-order valence-electron chi connectivity index (χ2n) is 8.40. The smallest absolute Gasteiger partial charge is 0.407 e. The van der Waals surface area contributed by atoms with E-state index >= 15 is 0 Å². The summed E-state index contributed by atoms with van der Waals surface area (Å²) in [5.74, 6) is -0.348. The van der Waals surface area contributed by atoms with Crippen LogP contribution >= 0.6 is 0 Å². The lowest BCUT2D eigenvalue weighted by Gasteiger charge is -2.36. The fourth-order valence-electron chi connectivity index (χ4n) is 4.41. The van der Waals surface area contributed by atoms with Crippen molar-refractivity contribution in [2.45, 2.75) is 38.8 Å². The number of carbonyl (C=O) groups excluding carboxylic acids is 1. The molecule has 1 aromatic carbocycles. The molecule has 1 N–H and O–H groups in total. The monoisotopic (exact) mass is 465 g/mol. The first-order valence-corrected chi connectivity index (χ1v) is 11.4. The summed E-state index contributed by atoms with van der Waals surface area (Å²) in [6, 6.07) is 11.9. The maximum absolute atomic E-state index is 13.3. The molecule has 4 rings (SSSR count). The molecule has 34 heavy (non-hydrogen) atoms. The van der Waals surface area contributed by atoms with E-state index < -0.39 is 6.09 Å². The second kappa shape index (κ2) is 10.5. The van der Waals surface area contributed by atoms with Gasteiger partial charge in [0.1, 0.15) is 12.4 Å². The molecule has 0 saturated carbocycles. The number of carboxylic acid groups (broad SMARTS) is 1. The van der Waals surface area contributed by atoms with E-state index in [2.05, 4.69) is 10.1 Å². The lowest BCUT2D eigenvalue weighted by Crippen LogP contribution is -2.49.